The van der Waals surface area contributed by atoms with E-state index in [2.05, 4.69) is 10.3 Å². The average molecular weight is 555 g/mol. The number of nitrogens with one attached hydrogen (secondary N) is 1. The average Bonchev–Trinajstić information content (AvgIpc) is 2.98. The van der Waals surface area contributed by atoms with E-state index in [0.29, 0.717) is 30.6 Å². The number of rotatable bonds is 12. The lowest BCUT2D eigenvalue weighted by atomic mass is 9.91. The topological polar surface area (TPSA) is 99.5 Å². The van der Waals surface area contributed by atoms with Crippen LogP contribution in [0.25, 0.3) is 11.1 Å². The van der Waals surface area contributed by atoms with Gasteiger partial charge >= 0.3 is 5.97 Å². The maximum Gasteiger partial charge on any atom is 0.326 e. The predicted molar refractivity (Wildman–Crippen MR) is 161 cm³/mol. The molecule has 3 aromatic carbocycles. The zero-order chi connectivity index (χ0) is 28.5. The number of aliphatic hydroxyl groups is 1. The number of carbonyl (C=O) groups is 2. The largest absolute Gasteiger partial charge is 0.480 e. The summed E-state index contributed by atoms with van der Waals surface area (Å²) in [6.07, 6.45) is 6.33. The Labute approximate surface area is 239 Å². The molecule has 0 aliphatic heterocycles. The van der Waals surface area contributed by atoms with Crippen LogP contribution >= 0.6 is 11.8 Å². The lowest BCUT2D eigenvalue weighted by molar-refractivity contribution is -0.139. The number of nitrogens with zero attached hydrogens (tertiary/aromatic N) is 1. The molecule has 0 saturated carbocycles. The van der Waals surface area contributed by atoms with Crippen LogP contribution in [0, 0.1) is 6.92 Å². The number of aliphatic hydroxyl groups excluding tert-OH is 1. The molecule has 0 fully saturated rings. The molecule has 0 radical (unpaired) electrons. The number of carboxylic acid groups (broad SMARTS) is 1. The number of hydrogen-bond acceptors (Lipinski definition) is 5. The van der Waals surface area contributed by atoms with E-state index in [4.69, 9.17) is 0 Å². The highest BCUT2D eigenvalue weighted by atomic mass is 32.2. The van der Waals surface area contributed by atoms with E-state index in [1.54, 1.807) is 30.2 Å². The maximum absolute atomic E-state index is 13.4. The number of aliphatic carboxylic acids is 1. The molecule has 4 rings (SSSR count). The van der Waals surface area contributed by atoms with Crippen LogP contribution in [0.15, 0.2) is 91.3 Å². The molecule has 0 bridgehead atoms. The van der Waals surface area contributed by atoms with Gasteiger partial charge in [0.2, 0.25) is 0 Å². The molecule has 1 amide bonds. The number of benzene rings is 3. The van der Waals surface area contributed by atoms with Gasteiger partial charge in [0.05, 0.1) is 0 Å². The molecule has 2 atom stereocenters. The number of carbonyl (C=O) groups excluding carboxylic acids is 1. The first kappa shape index (κ1) is 29.1. The Bertz CT molecular complexity index is 1460. The van der Waals surface area contributed by atoms with Gasteiger partial charge in [-0.25, -0.2) is 4.79 Å². The SMILES string of the molecule is CSCC[C@H](NC(=O)c1ccc(CCc2cnccc2C(O)c2ccccc2)cc1-c1ccccc1C)C(=O)O. The minimum absolute atomic E-state index is 0.350. The fourth-order valence-corrected chi connectivity index (χ4v) is 5.25. The Morgan fingerprint density at radius 1 is 0.950 bits per heavy atom. The van der Waals surface area contributed by atoms with Gasteiger partial charge in [-0.05, 0) is 89.3 Å². The highest BCUT2D eigenvalue weighted by Crippen LogP contribution is 2.30. The summed E-state index contributed by atoms with van der Waals surface area (Å²) >= 11 is 1.54. The van der Waals surface area contributed by atoms with Crippen LogP contribution in [0.3, 0.4) is 0 Å². The monoisotopic (exact) mass is 554 g/mol. The fraction of sp³-hybridized carbons (Fsp3) is 0.242. The molecular formula is C33H34N2O4S. The highest BCUT2D eigenvalue weighted by molar-refractivity contribution is 7.98. The third-order valence-electron chi connectivity index (χ3n) is 7.01. The van der Waals surface area contributed by atoms with Crippen molar-refractivity contribution in [2.45, 2.75) is 38.3 Å². The van der Waals surface area contributed by atoms with Gasteiger partial charge in [0.25, 0.3) is 5.91 Å². The standard InChI is InChI=1S/C33H34N2O4S/c1-22-8-6-7-11-26(22)29-20-23(13-15-28(29)32(37)35-30(33(38)39)17-19-40-2)12-14-25-21-34-18-16-27(25)31(36)24-9-4-3-5-10-24/h3-11,13,15-16,18,20-21,30-31,36H,12,14,17,19H2,1-2H3,(H,35,37)(H,38,39)/t30-,31?/m0/s1. The van der Waals surface area contributed by atoms with Gasteiger partial charge in [-0.3, -0.25) is 9.78 Å². The van der Waals surface area contributed by atoms with E-state index >= 15 is 0 Å². The van der Waals surface area contributed by atoms with Gasteiger partial charge < -0.3 is 15.5 Å². The third-order valence-corrected chi connectivity index (χ3v) is 7.66. The lowest BCUT2D eigenvalue weighted by Gasteiger charge is -2.18. The van der Waals surface area contributed by atoms with Crippen LogP contribution in [0.4, 0.5) is 0 Å². The summed E-state index contributed by atoms with van der Waals surface area (Å²) in [5, 5.41) is 23.4. The maximum atomic E-state index is 13.4. The molecule has 0 saturated heterocycles. The number of pyridine rings is 1. The molecular weight excluding hydrogens is 520 g/mol. The van der Waals surface area contributed by atoms with Crippen molar-refractivity contribution in [1.82, 2.24) is 10.3 Å². The van der Waals surface area contributed by atoms with E-state index in [0.717, 1.165) is 38.9 Å². The first-order valence-electron chi connectivity index (χ1n) is 13.3. The van der Waals surface area contributed by atoms with Crippen LogP contribution in [0.1, 0.15) is 50.7 Å². The second-order valence-electron chi connectivity index (χ2n) is 9.73. The van der Waals surface area contributed by atoms with Crippen LogP contribution in [-0.4, -0.2) is 45.1 Å². The molecule has 1 aromatic heterocycles. The van der Waals surface area contributed by atoms with Gasteiger partial charge in [0.15, 0.2) is 0 Å². The molecule has 0 spiro atoms. The predicted octanol–water partition coefficient (Wildman–Crippen LogP) is 5.86. The van der Waals surface area contributed by atoms with Crippen molar-refractivity contribution in [2.24, 2.45) is 0 Å². The second kappa shape index (κ2) is 13.9. The Kier molecular flexibility index (Phi) is 10.1. The van der Waals surface area contributed by atoms with Crippen molar-refractivity contribution in [3.05, 3.63) is 125 Å². The molecule has 4 aromatic rings. The van der Waals surface area contributed by atoms with Crippen LogP contribution in [0.5, 0.6) is 0 Å². The molecule has 1 heterocycles. The number of aromatic nitrogens is 1. The van der Waals surface area contributed by atoms with Gasteiger partial charge in [-0.2, -0.15) is 11.8 Å². The fourth-order valence-electron chi connectivity index (χ4n) is 4.78. The van der Waals surface area contributed by atoms with Crippen LogP contribution in [-0.2, 0) is 17.6 Å². The highest BCUT2D eigenvalue weighted by Gasteiger charge is 2.23. The summed E-state index contributed by atoms with van der Waals surface area (Å²) < 4.78 is 0. The summed E-state index contributed by atoms with van der Waals surface area (Å²) in [6, 6.07) is 24.0. The van der Waals surface area contributed by atoms with Crippen molar-refractivity contribution in [2.75, 3.05) is 12.0 Å². The molecule has 7 heteroatoms. The van der Waals surface area contributed by atoms with E-state index in [1.165, 1.54) is 0 Å². The molecule has 0 aliphatic rings. The van der Waals surface area contributed by atoms with E-state index < -0.39 is 24.0 Å². The van der Waals surface area contributed by atoms with Crippen LogP contribution < -0.4 is 5.32 Å². The van der Waals surface area contributed by atoms with E-state index in [-0.39, 0.29) is 0 Å². The number of amides is 1. The van der Waals surface area contributed by atoms with Crippen molar-refractivity contribution in [3.8, 4) is 11.1 Å². The molecule has 40 heavy (non-hydrogen) atoms. The Balaban J connectivity index is 1.62. The van der Waals surface area contributed by atoms with Crippen molar-refractivity contribution in [3.63, 3.8) is 0 Å². The van der Waals surface area contributed by atoms with Gasteiger partial charge in [0.1, 0.15) is 12.1 Å². The molecule has 3 N–H and O–H groups in total. The number of hydrogen-bond donors (Lipinski definition) is 3. The lowest BCUT2D eigenvalue weighted by Crippen LogP contribution is -2.41. The molecule has 6 nitrogen and oxygen atoms in total. The normalized spacial score (nSPS) is 12.5. The molecule has 206 valence electrons. The smallest absolute Gasteiger partial charge is 0.326 e. The van der Waals surface area contributed by atoms with E-state index in [1.807, 2.05) is 86.0 Å². The summed E-state index contributed by atoms with van der Waals surface area (Å²) in [6.45, 7) is 2.00. The summed E-state index contributed by atoms with van der Waals surface area (Å²) in [4.78, 5) is 29.4. The number of thioether (sulfide) groups is 1. The first-order chi connectivity index (χ1) is 19.4. The van der Waals surface area contributed by atoms with Crippen LogP contribution in [0.2, 0.25) is 0 Å². The molecule has 1 unspecified atom stereocenters. The van der Waals surface area contributed by atoms with E-state index in [9.17, 15) is 19.8 Å². The molecule has 0 aliphatic carbocycles. The minimum Gasteiger partial charge on any atom is -0.480 e. The van der Waals surface area contributed by atoms with Crippen molar-refractivity contribution in [1.29, 1.82) is 0 Å². The summed E-state index contributed by atoms with van der Waals surface area (Å²) in [7, 11) is 0. The minimum atomic E-state index is -1.04. The Morgan fingerprint density at radius 3 is 2.42 bits per heavy atom. The number of aryl methyl sites for hydroxylation is 3. The van der Waals surface area contributed by atoms with Gasteiger partial charge in [-0.1, -0.05) is 66.7 Å². The zero-order valence-corrected chi connectivity index (χ0v) is 23.5. The van der Waals surface area contributed by atoms with Gasteiger partial charge in [0, 0.05) is 18.0 Å². The third kappa shape index (κ3) is 7.17. The number of carboxylic acids is 1. The van der Waals surface area contributed by atoms with Crippen molar-refractivity contribution < 1.29 is 19.8 Å². The zero-order valence-electron chi connectivity index (χ0n) is 22.7. The Morgan fingerprint density at radius 2 is 1.70 bits per heavy atom. The van der Waals surface area contributed by atoms with Crippen molar-refractivity contribution >= 4 is 23.6 Å². The summed E-state index contributed by atoms with van der Waals surface area (Å²) in [5.41, 5.74) is 6.77. The van der Waals surface area contributed by atoms with Gasteiger partial charge in [-0.15, -0.1) is 0 Å². The first-order valence-corrected chi connectivity index (χ1v) is 14.7. The Hall–Kier alpha value is -3.94. The second-order valence-corrected chi connectivity index (χ2v) is 10.7. The quantitative estimate of drug-likeness (QED) is 0.203. The summed E-state index contributed by atoms with van der Waals surface area (Å²) in [5.74, 6) is -0.809.